The molecule has 0 aliphatic carbocycles. The Balaban J connectivity index is 1.33. The van der Waals surface area contributed by atoms with Gasteiger partial charge in [0.1, 0.15) is 11.6 Å². The van der Waals surface area contributed by atoms with Crippen LogP contribution < -0.4 is 10.1 Å². The van der Waals surface area contributed by atoms with E-state index in [1.807, 2.05) is 43.3 Å². The summed E-state index contributed by atoms with van der Waals surface area (Å²) in [6.45, 7) is 3.97. The number of carbonyl (C=O) groups is 1. The molecule has 0 saturated heterocycles. The molecule has 0 bridgehead atoms. The molecule has 2 heterocycles. The van der Waals surface area contributed by atoms with Crippen molar-refractivity contribution in [3.8, 4) is 5.75 Å². The van der Waals surface area contributed by atoms with Crippen LogP contribution in [-0.2, 0) is 13.0 Å². The lowest BCUT2D eigenvalue weighted by Gasteiger charge is -2.11. The molecule has 0 radical (unpaired) electrons. The highest BCUT2D eigenvalue weighted by molar-refractivity contribution is 6.31. The lowest BCUT2D eigenvalue weighted by atomic mass is 10.2. The number of hydrogen-bond acceptors (Lipinski definition) is 4. The summed E-state index contributed by atoms with van der Waals surface area (Å²) in [5.41, 5.74) is 3.68. The van der Waals surface area contributed by atoms with Crippen molar-refractivity contribution < 1.29 is 9.53 Å². The molecule has 6 nitrogen and oxygen atoms in total. The van der Waals surface area contributed by atoms with Crippen molar-refractivity contribution in [3.63, 3.8) is 0 Å². The third-order valence-corrected chi connectivity index (χ3v) is 5.87. The van der Waals surface area contributed by atoms with Gasteiger partial charge in [-0.1, -0.05) is 23.7 Å². The van der Waals surface area contributed by atoms with Gasteiger partial charge in [0.15, 0.2) is 0 Å². The van der Waals surface area contributed by atoms with Crippen LogP contribution in [0.15, 0.2) is 67.0 Å². The maximum Gasteiger partial charge on any atom is 0.252 e. The first-order chi connectivity index (χ1) is 16.1. The Labute approximate surface area is 198 Å². The summed E-state index contributed by atoms with van der Waals surface area (Å²) in [7, 11) is 0. The van der Waals surface area contributed by atoms with Gasteiger partial charge in [0.25, 0.3) is 5.91 Å². The molecule has 7 heteroatoms. The third kappa shape index (κ3) is 5.90. The Morgan fingerprint density at radius 2 is 2.00 bits per heavy atom. The quantitative estimate of drug-likeness (QED) is 0.328. The number of carbonyl (C=O) groups excluding carboxylic acids is 1. The topological polar surface area (TPSA) is 69.0 Å². The molecule has 0 aliphatic heterocycles. The first kappa shape index (κ1) is 22.8. The first-order valence-corrected chi connectivity index (χ1v) is 11.5. The highest BCUT2D eigenvalue weighted by atomic mass is 35.5. The van der Waals surface area contributed by atoms with E-state index < -0.39 is 0 Å². The van der Waals surface area contributed by atoms with Crippen LogP contribution in [0.5, 0.6) is 5.75 Å². The largest absolute Gasteiger partial charge is 0.494 e. The zero-order valence-corrected chi connectivity index (χ0v) is 19.4. The molecule has 0 saturated carbocycles. The van der Waals surface area contributed by atoms with Crippen molar-refractivity contribution in [1.82, 2.24) is 19.9 Å². The summed E-state index contributed by atoms with van der Waals surface area (Å²) in [5.74, 6) is 1.75. The molecule has 170 valence electrons. The SMILES string of the molecule is Cc1cc(OCCCn2c(CCCNC(=O)c3cccnc3)nc3ccccc32)ccc1Cl. The lowest BCUT2D eigenvalue weighted by Crippen LogP contribution is -2.25. The summed E-state index contributed by atoms with van der Waals surface area (Å²) in [6, 6.07) is 17.4. The number of fused-ring (bicyclic) bond motifs is 1. The third-order valence-electron chi connectivity index (χ3n) is 5.44. The minimum Gasteiger partial charge on any atom is -0.494 e. The molecule has 0 aliphatic rings. The predicted molar refractivity (Wildman–Crippen MR) is 131 cm³/mol. The second-order valence-corrected chi connectivity index (χ2v) is 8.29. The molecule has 4 rings (SSSR count). The monoisotopic (exact) mass is 462 g/mol. The number of nitrogens with one attached hydrogen (secondary N) is 1. The minimum atomic E-state index is -0.105. The van der Waals surface area contributed by atoms with E-state index >= 15 is 0 Å². The lowest BCUT2D eigenvalue weighted by molar-refractivity contribution is 0.0952. The van der Waals surface area contributed by atoms with Crippen LogP contribution in [-0.4, -0.2) is 33.6 Å². The molecule has 0 unspecified atom stereocenters. The second kappa shape index (κ2) is 11.0. The summed E-state index contributed by atoms with van der Waals surface area (Å²) < 4.78 is 8.17. The van der Waals surface area contributed by atoms with Gasteiger partial charge in [-0.2, -0.15) is 0 Å². The molecule has 2 aromatic heterocycles. The molecule has 4 aromatic rings. The van der Waals surface area contributed by atoms with Gasteiger partial charge in [-0.25, -0.2) is 4.98 Å². The van der Waals surface area contributed by atoms with Crippen molar-refractivity contribution in [2.24, 2.45) is 0 Å². The van der Waals surface area contributed by atoms with Crippen molar-refractivity contribution in [2.75, 3.05) is 13.2 Å². The average molecular weight is 463 g/mol. The summed E-state index contributed by atoms with van der Waals surface area (Å²) in [6.07, 6.45) is 5.66. The predicted octanol–water partition coefficient (Wildman–Crippen LogP) is 5.22. The van der Waals surface area contributed by atoms with Gasteiger partial charge in [-0.3, -0.25) is 9.78 Å². The van der Waals surface area contributed by atoms with Crippen molar-refractivity contribution in [3.05, 3.63) is 89.0 Å². The molecule has 0 fully saturated rings. The Morgan fingerprint density at radius 1 is 1.12 bits per heavy atom. The number of aromatic nitrogens is 3. The number of nitrogens with zero attached hydrogens (tertiary/aromatic N) is 3. The Hall–Kier alpha value is -3.38. The number of amides is 1. The van der Waals surface area contributed by atoms with Gasteiger partial charge in [-0.05, 0) is 67.8 Å². The zero-order chi connectivity index (χ0) is 23.0. The van der Waals surface area contributed by atoms with Crippen molar-refractivity contribution in [2.45, 2.75) is 32.7 Å². The van der Waals surface area contributed by atoms with Gasteiger partial charge in [0, 0.05) is 36.9 Å². The Kier molecular flexibility index (Phi) is 7.58. The number of pyridine rings is 1. The van der Waals surface area contributed by atoms with E-state index in [2.05, 4.69) is 20.9 Å². The smallest absolute Gasteiger partial charge is 0.252 e. The van der Waals surface area contributed by atoms with Crippen molar-refractivity contribution >= 4 is 28.5 Å². The molecule has 1 amide bonds. The van der Waals surface area contributed by atoms with Crippen LogP contribution in [0.4, 0.5) is 0 Å². The van der Waals surface area contributed by atoms with Crippen LogP contribution in [0.3, 0.4) is 0 Å². The Bertz CT molecular complexity index is 1220. The van der Waals surface area contributed by atoms with Crippen LogP contribution in [0.25, 0.3) is 11.0 Å². The van der Waals surface area contributed by atoms with Crippen LogP contribution >= 0.6 is 11.6 Å². The fourth-order valence-electron chi connectivity index (χ4n) is 3.73. The number of ether oxygens (including phenoxy) is 1. The summed E-state index contributed by atoms with van der Waals surface area (Å²) in [4.78, 5) is 21.0. The van der Waals surface area contributed by atoms with Gasteiger partial charge >= 0.3 is 0 Å². The van der Waals surface area contributed by atoms with Crippen molar-refractivity contribution in [1.29, 1.82) is 0 Å². The molecule has 33 heavy (non-hydrogen) atoms. The van der Waals surface area contributed by atoms with Gasteiger partial charge in [0.05, 0.1) is 23.2 Å². The number of benzene rings is 2. The molecule has 2 aromatic carbocycles. The fourth-order valence-corrected chi connectivity index (χ4v) is 3.85. The molecular formula is C26H27ClN4O2. The van der Waals surface area contributed by atoms with Gasteiger partial charge in [-0.15, -0.1) is 0 Å². The number of hydrogen-bond donors (Lipinski definition) is 1. The maximum absolute atomic E-state index is 12.2. The van der Waals surface area contributed by atoms with Gasteiger partial charge < -0.3 is 14.6 Å². The van der Waals surface area contributed by atoms with E-state index in [-0.39, 0.29) is 5.91 Å². The highest BCUT2D eigenvalue weighted by Crippen LogP contribution is 2.22. The molecular weight excluding hydrogens is 436 g/mol. The standard InChI is InChI=1S/C26H27ClN4O2/c1-19-17-21(11-12-22(19)27)33-16-6-15-31-24-9-3-2-8-23(24)30-25(31)10-5-14-29-26(32)20-7-4-13-28-18-20/h2-4,7-9,11-13,17-18H,5-6,10,14-16H2,1H3,(H,29,32). The van der Waals surface area contributed by atoms with Crippen LogP contribution in [0.1, 0.15) is 34.6 Å². The number of imidazole rings is 1. The van der Waals surface area contributed by atoms with E-state index in [4.69, 9.17) is 21.3 Å². The minimum absolute atomic E-state index is 0.105. The van der Waals surface area contributed by atoms with Crippen LogP contribution in [0.2, 0.25) is 5.02 Å². The molecule has 1 N–H and O–H groups in total. The van der Waals surface area contributed by atoms with E-state index in [0.717, 1.165) is 59.0 Å². The Morgan fingerprint density at radius 3 is 2.82 bits per heavy atom. The second-order valence-electron chi connectivity index (χ2n) is 7.88. The van der Waals surface area contributed by atoms with Gasteiger partial charge in [0.2, 0.25) is 0 Å². The molecule has 0 atom stereocenters. The fraction of sp³-hybridized carbons (Fsp3) is 0.269. The number of para-hydroxylation sites is 2. The van der Waals surface area contributed by atoms with E-state index in [0.29, 0.717) is 18.7 Å². The van der Waals surface area contributed by atoms with E-state index in [1.54, 1.807) is 24.5 Å². The normalized spacial score (nSPS) is 11.0. The van der Waals surface area contributed by atoms with Crippen LogP contribution in [0, 0.1) is 6.92 Å². The number of rotatable bonds is 10. The number of halogens is 1. The zero-order valence-electron chi connectivity index (χ0n) is 18.6. The summed E-state index contributed by atoms with van der Waals surface area (Å²) >= 11 is 6.09. The first-order valence-electron chi connectivity index (χ1n) is 11.1. The highest BCUT2D eigenvalue weighted by Gasteiger charge is 2.11. The van der Waals surface area contributed by atoms with E-state index in [9.17, 15) is 4.79 Å². The number of aryl methyl sites for hydroxylation is 3. The average Bonchev–Trinajstić information content (AvgIpc) is 3.19. The molecule has 0 spiro atoms. The maximum atomic E-state index is 12.2. The summed E-state index contributed by atoms with van der Waals surface area (Å²) in [5, 5.41) is 3.70. The van der Waals surface area contributed by atoms with E-state index in [1.165, 1.54) is 0 Å².